The van der Waals surface area contributed by atoms with Gasteiger partial charge >= 0.3 is 0 Å². The number of anilines is 1. The van der Waals surface area contributed by atoms with Crippen LogP contribution in [0.1, 0.15) is 64.4 Å². The molecule has 2 amide bonds. The largest absolute Gasteiger partial charge is 0.456 e. The number of aryl methyl sites for hydroxylation is 2. The van der Waals surface area contributed by atoms with Crippen LogP contribution in [0.15, 0.2) is 16.5 Å². The number of nitrogens with zero attached hydrogens (tertiary/aromatic N) is 2. The molecule has 3 heterocycles. The van der Waals surface area contributed by atoms with Crippen molar-refractivity contribution in [1.29, 1.82) is 5.26 Å². The van der Waals surface area contributed by atoms with E-state index in [9.17, 15) is 14.9 Å². The monoisotopic (exact) mass is 440 g/mol. The maximum Gasteiger partial charge on any atom is 0.287 e. The van der Waals surface area contributed by atoms with Gasteiger partial charge in [0.05, 0.1) is 5.56 Å². The second kappa shape index (κ2) is 9.67. The zero-order chi connectivity index (χ0) is 21.8. The fourth-order valence-electron chi connectivity index (χ4n) is 4.34. The van der Waals surface area contributed by atoms with E-state index in [1.807, 2.05) is 6.92 Å². The molecule has 7 nitrogen and oxygen atoms in total. The highest BCUT2D eigenvalue weighted by Crippen LogP contribution is 2.37. The molecule has 1 fully saturated rings. The Labute approximate surface area is 186 Å². The molecule has 2 N–H and O–H groups in total. The van der Waals surface area contributed by atoms with Crippen molar-refractivity contribution in [2.24, 2.45) is 0 Å². The number of hydrogen-bond acceptors (Lipinski definition) is 6. The lowest BCUT2D eigenvalue weighted by atomic mass is 9.96. The van der Waals surface area contributed by atoms with Gasteiger partial charge in [-0.3, -0.25) is 9.59 Å². The zero-order valence-corrected chi connectivity index (χ0v) is 18.6. The van der Waals surface area contributed by atoms with Crippen molar-refractivity contribution in [2.45, 2.75) is 57.9 Å². The Balaban J connectivity index is 1.21. The number of likely N-dealkylation sites (tertiary alicyclic amines) is 1. The first kappa shape index (κ1) is 21.6. The minimum Gasteiger partial charge on any atom is -0.456 e. The molecular formula is C23H28N4O3S. The van der Waals surface area contributed by atoms with Crippen LogP contribution in [-0.2, 0) is 17.6 Å². The fourth-order valence-corrected chi connectivity index (χ4v) is 5.59. The Hall–Kier alpha value is -2.63. The van der Waals surface area contributed by atoms with Crippen LogP contribution in [0.25, 0.3) is 0 Å². The average Bonchev–Trinajstić information content (AvgIpc) is 3.36. The molecule has 2 aromatic heterocycles. The minimum atomic E-state index is -0.169. The molecule has 0 saturated carbocycles. The SMILES string of the molecule is Cc1ccc(C(=O)NC2CCN(CCC(=O)Nc3sc4c(c3C#N)CCCC4)CC2)o1. The molecule has 1 saturated heterocycles. The number of fused-ring (bicyclic) bond motifs is 1. The summed E-state index contributed by atoms with van der Waals surface area (Å²) in [6, 6.07) is 5.90. The van der Waals surface area contributed by atoms with Crippen molar-refractivity contribution in [1.82, 2.24) is 10.2 Å². The van der Waals surface area contributed by atoms with Crippen LogP contribution < -0.4 is 10.6 Å². The van der Waals surface area contributed by atoms with Crippen LogP contribution in [0.5, 0.6) is 0 Å². The van der Waals surface area contributed by atoms with Crippen molar-refractivity contribution < 1.29 is 14.0 Å². The van der Waals surface area contributed by atoms with Gasteiger partial charge in [0.2, 0.25) is 5.91 Å². The summed E-state index contributed by atoms with van der Waals surface area (Å²) < 4.78 is 5.38. The van der Waals surface area contributed by atoms with E-state index in [-0.39, 0.29) is 17.9 Å². The van der Waals surface area contributed by atoms with Gasteiger partial charge in [-0.05, 0) is 63.1 Å². The van der Waals surface area contributed by atoms with Gasteiger partial charge in [0.1, 0.15) is 16.8 Å². The maximum atomic E-state index is 12.5. The van der Waals surface area contributed by atoms with Crippen molar-refractivity contribution >= 4 is 28.2 Å². The number of hydrogen-bond donors (Lipinski definition) is 2. The lowest BCUT2D eigenvalue weighted by Gasteiger charge is -2.32. The molecule has 31 heavy (non-hydrogen) atoms. The van der Waals surface area contributed by atoms with Gasteiger partial charge in [-0.2, -0.15) is 5.26 Å². The Bertz CT molecular complexity index is 995. The third-order valence-corrected chi connectivity index (χ3v) is 7.29. The second-order valence-corrected chi connectivity index (χ2v) is 9.43. The van der Waals surface area contributed by atoms with Crippen LogP contribution in [0.3, 0.4) is 0 Å². The van der Waals surface area contributed by atoms with Crippen LogP contribution in [0.4, 0.5) is 5.00 Å². The Morgan fingerprint density at radius 2 is 2.03 bits per heavy atom. The molecular weight excluding hydrogens is 412 g/mol. The van der Waals surface area contributed by atoms with E-state index in [4.69, 9.17) is 4.42 Å². The van der Waals surface area contributed by atoms with Gasteiger partial charge in [-0.15, -0.1) is 11.3 Å². The Kier molecular flexibility index (Phi) is 6.73. The number of furan rings is 1. The third-order valence-electron chi connectivity index (χ3n) is 6.08. The summed E-state index contributed by atoms with van der Waals surface area (Å²) in [4.78, 5) is 28.2. The Morgan fingerprint density at radius 1 is 1.26 bits per heavy atom. The highest BCUT2D eigenvalue weighted by atomic mass is 32.1. The molecule has 2 aliphatic rings. The molecule has 1 aliphatic heterocycles. The van der Waals surface area contributed by atoms with E-state index in [0.29, 0.717) is 29.3 Å². The van der Waals surface area contributed by atoms with E-state index >= 15 is 0 Å². The normalized spacial score (nSPS) is 17.0. The number of carbonyl (C=O) groups excluding carboxylic acids is 2. The molecule has 0 spiro atoms. The summed E-state index contributed by atoms with van der Waals surface area (Å²) in [5, 5.41) is 16.3. The maximum absolute atomic E-state index is 12.5. The number of amides is 2. The highest BCUT2D eigenvalue weighted by molar-refractivity contribution is 7.16. The molecule has 0 atom stereocenters. The fraction of sp³-hybridized carbons (Fsp3) is 0.522. The molecule has 164 valence electrons. The van der Waals surface area contributed by atoms with E-state index in [0.717, 1.165) is 62.9 Å². The van der Waals surface area contributed by atoms with E-state index in [1.54, 1.807) is 23.5 Å². The second-order valence-electron chi connectivity index (χ2n) is 8.32. The van der Waals surface area contributed by atoms with Gasteiger partial charge in [-0.1, -0.05) is 0 Å². The van der Waals surface area contributed by atoms with Gasteiger partial charge in [0, 0.05) is 37.0 Å². The molecule has 4 rings (SSSR count). The van der Waals surface area contributed by atoms with Crippen molar-refractivity contribution in [3.8, 4) is 6.07 Å². The van der Waals surface area contributed by atoms with Gasteiger partial charge in [-0.25, -0.2) is 0 Å². The van der Waals surface area contributed by atoms with Crippen LogP contribution >= 0.6 is 11.3 Å². The van der Waals surface area contributed by atoms with Crippen LogP contribution in [0.2, 0.25) is 0 Å². The number of rotatable bonds is 6. The summed E-state index contributed by atoms with van der Waals surface area (Å²) in [6.45, 7) is 4.17. The molecule has 0 unspecified atom stereocenters. The molecule has 2 aromatic rings. The van der Waals surface area contributed by atoms with Crippen LogP contribution in [-0.4, -0.2) is 42.4 Å². The molecule has 1 aliphatic carbocycles. The number of piperidine rings is 1. The number of nitriles is 1. The molecule has 0 radical (unpaired) electrons. The average molecular weight is 441 g/mol. The van der Waals surface area contributed by atoms with E-state index in [2.05, 4.69) is 21.6 Å². The van der Waals surface area contributed by atoms with Crippen molar-refractivity contribution in [3.05, 3.63) is 39.7 Å². The van der Waals surface area contributed by atoms with E-state index < -0.39 is 0 Å². The Morgan fingerprint density at radius 3 is 2.74 bits per heavy atom. The summed E-state index contributed by atoms with van der Waals surface area (Å²) in [5.41, 5.74) is 1.80. The molecule has 0 aromatic carbocycles. The van der Waals surface area contributed by atoms with E-state index in [1.165, 1.54) is 4.88 Å². The summed E-state index contributed by atoms with van der Waals surface area (Å²) >= 11 is 1.57. The lowest BCUT2D eigenvalue weighted by molar-refractivity contribution is -0.116. The minimum absolute atomic E-state index is 0.0429. The van der Waals surface area contributed by atoms with Gasteiger partial charge < -0.3 is 20.0 Å². The predicted molar refractivity (Wildman–Crippen MR) is 119 cm³/mol. The molecule has 8 heteroatoms. The molecule has 0 bridgehead atoms. The number of thiophene rings is 1. The summed E-state index contributed by atoms with van der Waals surface area (Å²) in [6.07, 6.45) is 6.32. The van der Waals surface area contributed by atoms with Gasteiger partial charge in [0.15, 0.2) is 5.76 Å². The first-order valence-electron chi connectivity index (χ1n) is 11.0. The zero-order valence-electron chi connectivity index (χ0n) is 17.8. The first-order chi connectivity index (χ1) is 15.0. The quantitative estimate of drug-likeness (QED) is 0.715. The number of carbonyl (C=O) groups is 2. The standard InChI is InChI=1S/C23H28N4O3S/c1-15-6-7-19(30-15)22(29)25-16-8-11-27(12-9-16)13-10-21(28)26-23-18(14-24)17-4-2-3-5-20(17)31-23/h6-7,16H,2-5,8-13H2,1H3,(H,25,29)(H,26,28). The van der Waals surface area contributed by atoms with Gasteiger partial charge in [0.25, 0.3) is 5.91 Å². The van der Waals surface area contributed by atoms with Crippen molar-refractivity contribution in [2.75, 3.05) is 25.0 Å². The van der Waals surface area contributed by atoms with Crippen molar-refractivity contribution in [3.63, 3.8) is 0 Å². The predicted octanol–water partition coefficient (Wildman–Crippen LogP) is 3.62. The lowest BCUT2D eigenvalue weighted by Crippen LogP contribution is -2.45. The topological polar surface area (TPSA) is 98.4 Å². The highest BCUT2D eigenvalue weighted by Gasteiger charge is 2.24. The summed E-state index contributed by atoms with van der Waals surface area (Å²) in [7, 11) is 0. The number of nitrogens with one attached hydrogen (secondary N) is 2. The third kappa shape index (κ3) is 5.17. The first-order valence-corrected chi connectivity index (χ1v) is 11.8. The van der Waals surface area contributed by atoms with Crippen LogP contribution in [0, 0.1) is 18.3 Å². The smallest absolute Gasteiger partial charge is 0.287 e. The summed E-state index contributed by atoms with van der Waals surface area (Å²) in [5.74, 6) is 0.864.